The number of aliphatic carboxylic acids is 1. The van der Waals surface area contributed by atoms with Crippen LogP contribution in [0.15, 0.2) is 0 Å². The number of hydrogen-bond acceptors (Lipinski definition) is 5. The zero-order valence-electron chi connectivity index (χ0n) is 17.7. The van der Waals surface area contributed by atoms with Gasteiger partial charge in [-0.2, -0.15) is 0 Å². The molecule has 0 aliphatic heterocycles. The molecule has 0 saturated carbocycles. The Balaban J connectivity index is 4.83. The van der Waals surface area contributed by atoms with Crippen molar-refractivity contribution in [3.63, 3.8) is 0 Å². The van der Waals surface area contributed by atoms with Gasteiger partial charge in [0.15, 0.2) is 0 Å². The average Bonchev–Trinajstić information content (AvgIpc) is 2.61. The molecule has 0 radical (unpaired) electrons. The summed E-state index contributed by atoms with van der Waals surface area (Å²) >= 11 is 0. The van der Waals surface area contributed by atoms with Crippen LogP contribution in [0.2, 0.25) is 0 Å². The van der Waals surface area contributed by atoms with E-state index in [0.717, 1.165) is 6.42 Å². The third kappa shape index (κ3) is 9.16. The zero-order chi connectivity index (χ0) is 22.0. The largest absolute Gasteiger partial charge is 0.480 e. The Morgan fingerprint density at radius 1 is 0.964 bits per heavy atom. The summed E-state index contributed by atoms with van der Waals surface area (Å²) in [4.78, 5) is 48.0. The molecule has 0 saturated heterocycles. The van der Waals surface area contributed by atoms with Gasteiger partial charge in [0.1, 0.15) is 12.1 Å². The van der Waals surface area contributed by atoms with Crippen molar-refractivity contribution in [3.8, 4) is 0 Å². The summed E-state index contributed by atoms with van der Waals surface area (Å²) in [6.07, 6.45) is 1.01. The highest BCUT2D eigenvalue weighted by Crippen LogP contribution is 2.08. The van der Waals surface area contributed by atoms with Crippen molar-refractivity contribution in [1.29, 1.82) is 0 Å². The van der Waals surface area contributed by atoms with Crippen molar-refractivity contribution in [1.82, 2.24) is 16.0 Å². The number of nitrogens with one attached hydrogen (secondary N) is 3. The molecule has 4 unspecified atom stereocenters. The van der Waals surface area contributed by atoms with E-state index in [2.05, 4.69) is 16.0 Å². The number of carboxylic acid groups (broad SMARTS) is 1. The molecule has 0 bridgehead atoms. The quantitative estimate of drug-likeness (QED) is 0.316. The highest BCUT2D eigenvalue weighted by molar-refractivity contribution is 5.92. The molecule has 0 spiro atoms. The van der Waals surface area contributed by atoms with Gasteiger partial charge in [-0.3, -0.25) is 14.4 Å². The van der Waals surface area contributed by atoms with Crippen molar-refractivity contribution in [2.45, 2.75) is 72.5 Å². The second-order valence-electron chi connectivity index (χ2n) is 7.95. The van der Waals surface area contributed by atoms with Crippen LogP contribution in [0.4, 0.5) is 0 Å². The normalized spacial score (nSPS) is 15.5. The van der Waals surface area contributed by atoms with Crippen molar-refractivity contribution in [3.05, 3.63) is 0 Å². The summed E-state index contributed by atoms with van der Waals surface area (Å²) in [6, 6.07) is -2.66. The number of rotatable bonds is 12. The fraction of sp³-hybridized carbons (Fsp3) is 0.789. The maximum absolute atomic E-state index is 12.5. The Morgan fingerprint density at radius 3 is 1.96 bits per heavy atom. The number of carbonyl (C=O) groups is 4. The van der Waals surface area contributed by atoms with Gasteiger partial charge in [-0.05, 0) is 24.2 Å². The molecule has 0 rings (SSSR count). The molecular weight excluding hydrogens is 364 g/mol. The molecule has 0 heterocycles. The summed E-state index contributed by atoms with van der Waals surface area (Å²) in [5.41, 5.74) is 5.81. The number of carbonyl (C=O) groups excluding carboxylic acids is 3. The molecule has 0 aromatic rings. The van der Waals surface area contributed by atoms with Crippen LogP contribution < -0.4 is 21.7 Å². The lowest BCUT2D eigenvalue weighted by molar-refractivity contribution is -0.143. The van der Waals surface area contributed by atoms with E-state index in [4.69, 9.17) is 5.73 Å². The van der Waals surface area contributed by atoms with Gasteiger partial charge in [-0.15, -0.1) is 0 Å². The molecule has 28 heavy (non-hydrogen) atoms. The smallest absolute Gasteiger partial charge is 0.326 e. The van der Waals surface area contributed by atoms with Gasteiger partial charge >= 0.3 is 5.97 Å². The number of carboxylic acids is 1. The molecule has 9 heteroatoms. The fourth-order valence-corrected chi connectivity index (χ4v) is 2.51. The first-order valence-electron chi connectivity index (χ1n) is 9.76. The summed E-state index contributed by atoms with van der Waals surface area (Å²) < 4.78 is 0. The molecule has 9 nitrogen and oxygen atoms in total. The monoisotopic (exact) mass is 400 g/mol. The Hall–Kier alpha value is -2.16. The zero-order valence-corrected chi connectivity index (χ0v) is 17.7. The van der Waals surface area contributed by atoms with Gasteiger partial charge in [-0.25, -0.2) is 4.79 Å². The maximum atomic E-state index is 12.5. The van der Waals surface area contributed by atoms with Crippen molar-refractivity contribution < 1.29 is 24.3 Å². The molecule has 162 valence electrons. The topological polar surface area (TPSA) is 151 Å². The molecule has 0 fully saturated rings. The molecule has 4 atom stereocenters. The van der Waals surface area contributed by atoms with Crippen LogP contribution in [0.5, 0.6) is 0 Å². The molecule has 0 aliphatic rings. The minimum atomic E-state index is -1.12. The van der Waals surface area contributed by atoms with Crippen molar-refractivity contribution in [2.24, 2.45) is 23.5 Å². The van der Waals surface area contributed by atoms with Gasteiger partial charge in [-0.1, -0.05) is 48.0 Å². The van der Waals surface area contributed by atoms with Crippen LogP contribution >= 0.6 is 0 Å². The van der Waals surface area contributed by atoms with Crippen LogP contribution in [0.25, 0.3) is 0 Å². The first-order chi connectivity index (χ1) is 12.9. The van der Waals surface area contributed by atoms with Crippen LogP contribution in [-0.4, -0.2) is 53.5 Å². The Kier molecular flexibility index (Phi) is 11.4. The Labute approximate surface area is 167 Å². The lowest BCUT2D eigenvalue weighted by Crippen LogP contribution is -2.55. The SMILES string of the molecule is CCC(C)C(N)C(=O)NCC(=O)NC(C(=O)NC(CC(C)C)C(=O)O)C(C)C. The maximum Gasteiger partial charge on any atom is 0.326 e. The summed E-state index contributed by atoms with van der Waals surface area (Å²) in [5.74, 6) is -2.88. The average molecular weight is 401 g/mol. The molecule has 0 aromatic carbocycles. The standard InChI is InChI=1S/C19H36N4O5/c1-7-12(6)15(20)17(25)21-9-14(24)23-16(11(4)5)18(26)22-13(19(27)28)8-10(2)3/h10-13,15-16H,7-9,20H2,1-6H3,(H,21,25)(H,22,26)(H,23,24)(H,27,28). The van der Waals surface area contributed by atoms with Crippen LogP contribution in [0.1, 0.15) is 54.4 Å². The third-order valence-corrected chi connectivity index (χ3v) is 4.57. The third-order valence-electron chi connectivity index (χ3n) is 4.57. The Morgan fingerprint density at radius 2 is 1.54 bits per heavy atom. The molecule has 6 N–H and O–H groups in total. The van der Waals surface area contributed by atoms with Crippen LogP contribution in [-0.2, 0) is 19.2 Å². The van der Waals surface area contributed by atoms with E-state index in [1.54, 1.807) is 13.8 Å². The predicted molar refractivity (Wildman–Crippen MR) is 106 cm³/mol. The summed E-state index contributed by atoms with van der Waals surface area (Å²) in [5, 5.41) is 16.8. The molecular formula is C19H36N4O5. The lowest BCUT2D eigenvalue weighted by atomic mass is 9.99. The van der Waals surface area contributed by atoms with Gasteiger partial charge in [0.25, 0.3) is 0 Å². The van der Waals surface area contributed by atoms with Gasteiger partial charge in [0, 0.05) is 0 Å². The minimum absolute atomic E-state index is 0.0221. The van der Waals surface area contributed by atoms with E-state index in [1.165, 1.54) is 0 Å². The van der Waals surface area contributed by atoms with Crippen molar-refractivity contribution in [2.75, 3.05) is 6.54 Å². The Bertz CT molecular complexity index is 550. The second-order valence-corrected chi connectivity index (χ2v) is 7.95. The van der Waals surface area contributed by atoms with Crippen LogP contribution in [0, 0.1) is 17.8 Å². The second kappa shape index (κ2) is 12.3. The molecule has 0 aliphatic carbocycles. The van der Waals surface area contributed by atoms with Crippen molar-refractivity contribution >= 4 is 23.7 Å². The van der Waals surface area contributed by atoms with Gasteiger partial charge < -0.3 is 26.8 Å². The first-order valence-corrected chi connectivity index (χ1v) is 9.76. The van der Waals surface area contributed by atoms with E-state index >= 15 is 0 Å². The lowest BCUT2D eigenvalue weighted by Gasteiger charge is -2.25. The number of nitrogens with two attached hydrogens (primary N) is 1. The van der Waals surface area contributed by atoms with E-state index in [9.17, 15) is 24.3 Å². The number of amides is 3. The summed E-state index contributed by atoms with van der Waals surface area (Å²) in [6.45, 7) is 10.6. The first kappa shape index (κ1) is 25.8. The highest BCUT2D eigenvalue weighted by atomic mass is 16.4. The van der Waals surface area contributed by atoms with Gasteiger partial charge in [0.05, 0.1) is 12.6 Å². The predicted octanol–water partition coefficient (Wildman–Crippen LogP) is 0.232. The fourth-order valence-electron chi connectivity index (χ4n) is 2.51. The summed E-state index contributed by atoms with van der Waals surface area (Å²) in [7, 11) is 0. The van der Waals surface area contributed by atoms with Crippen LogP contribution in [0.3, 0.4) is 0 Å². The van der Waals surface area contributed by atoms with E-state index < -0.39 is 41.8 Å². The molecule has 3 amide bonds. The minimum Gasteiger partial charge on any atom is -0.480 e. The van der Waals surface area contributed by atoms with E-state index in [-0.39, 0.29) is 30.7 Å². The van der Waals surface area contributed by atoms with E-state index in [0.29, 0.717) is 0 Å². The number of hydrogen-bond donors (Lipinski definition) is 5. The molecule has 0 aromatic heterocycles. The highest BCUT2D eigenvalue weighted by Gasteiger charge is 2.29. The van der Waals surface area contributed by atoms with Gasteiger partial charge in [0.2, 0.25) is 17.7 Å². The van der Waals surface area contributed by atoms with E-state index in [1.807, 2.05) is 27.7 Å².